The largest absolute Gasteiger partial charge is 0.374 e. The molecule has 0 aromatic heterocycles. The molecule has 0 spiro atoms. The number of alkyl halides is 2. The SMILES string of the molecule is CC(F)(F)COCC1CCCCCN1. The molecule has 1 N–H and O–H groups in total. The summed E-state index contributed by atoms with van der Waals surface area (Å²) in [7, 11) is 0. The highest BCUT2D eigenvalue weighted by Crippen LogP contribution is 2.13. The summed E-state index contributed by atoms with van der Waals surface area (Å²) in [4.78, 5) is 0. The van der Waals surface area contributed by atoms with Crippen LogP contribution in [-0.4, -0.2) is 31.7 Å². The predicted molar refractivity (Wildman–Crippen MR) is 51.7 cm³/mol. The van der Waals surface area contributed by atoms with Crippen molar-refractivity contribution in [3.63, 3.8) is 0 Å². The fourth-order valence-corrected chi connectivity index (χ4v) is 1.62. The van der Waals surface area contributed by atoms with E-state index in [2.05, 4.69) is 5.32 Å². The number of nitrogens with one attached hydrogen (secondary N) is 1. The lowest BCUT2D eigenvalue weighted by atomic mass is 10.1. The summed E-state index contributed by atoms with van der Waals surface area (Å²) in [5.41, 5.74) is 0. The van der Waals surface area contributed by atoms with E-state index in [0.29, 0.717) is 6.61 Å². The molecule has 1 aliphatic rings. The monoisotopic (exact) mass is 207 g/mol. The Labute approximate surface area is 84.0 Å². The van der Waals surface area contributed by atoms with Crippen LogP contribution in [0.2, 0.25) is 0 Å². The smallest absolute Gasteiger partial charge is 0.268 e. The average Bonchev–Trinajstić information content (AvgIpc) is 2.30. The van der Waals surface area contributed by atoms with Gasteiger partial charge in [-0.05, 0) is 19.4 Å². The molecular weight excluding hydrogens is 188 g/mol. The normalized spacial score (nSPS) is 24.6. The van der Waals surface area contributed by atoms with Crippen LogP contribution in [0.4, 0.5) is 8.78 Å². The molecule has 84 valence electrons. The zero-order chi connectivity index (χ0) is 10.4. The first-order valence-corrected chi connectivity index (χ1v) is 5.27. The van der Waals surface area contributed by atoms with E-state index in [-0.39, 0.29) is 6.04 Å². The second-order valence-electron chi connectivity index (χ2n) is 4.09. The molecule has 2 nitrogen and oxygen atoms in total. The van der Waals surface area contributed by atoms with Gasteiger partial charge in [0.15, 0.2) is 0 Å². The highest BCUT2D eigenvalue weighted by molar-refractivity contribution is 4.70. The first-order valence-electron chi connectivity index (χ1n) is 5.27. The van der Waals surface area contributed by atoms with E-state index in [1.807, 2.05) is 0 Å². The van der Waals surface area contributed by atoms with Crippen molar-refractivity contribution in [1.29, 1.82) is 0 Å². The van der Waals surface area contributed by atoms with Crippen LogP contribution in [0.1, 0.15) is 32.6 Å². The van der Waals surface area contributed by atoms with Gasteiger partial charge < -0.3 is 10.1 Å². The number of rotatable bonds is 4. The van der Waals surface area contributed by atoms with Gasteiger partial charge in [-0.2, -0.15) is 0 Å². The van der Waals surface area contributed by atoms with Gasteiger partial charge in [-0.3, -0.25) is 0 Å². The van der Waals surface area contributed by atoms with E-state index in [4.69, 9.17) is 4.74 Å². The molecule has 1 atom stereocenters. The van der Waals surface area contributed by atoms with Gasteiger partial charge in [-0.25, -0.2) is 8.78 Å². The van der Waals surface area contributed by atoms with Gasteiger partial charge in [0.1, 0.15) is 6.61 Å². The fraction of sp³-hybridized carbons (Fsp3) is 1.00. The summed E-state index contributed by atoms with van der Waals surface area (Å²) in [6, 6.07) is 0.264. The van der Waals surface area contributed by atoms with Crippen molar-refractivity contribution in [1.82, 2.24) is 5.32 Å². The summed E-state index contributed by atoms with van der Waals surface area (Å²) < 4.78 is 29.8. The molecule has 1 fully saturated rings. The second-order valence-corrected chi connectivity index (χ2v) is 4.09. The number of halogens is 2. The van der Waals surface area contributed by atoms with Gasteiger partial charge in [-0.15, -0.1) is 0 Å². The van der Waals surface area contributed by atoms with Crippen LogP contribution in [0.25, 0.3) is 0 Å². The Morgan fingerprint density at radius 2 is 2.14 bits per heavy atom. The van der Waals surface area contributed by atoms with Crippen molar-refractivity contribution >= 4 is 0 Å². The number of hydrogen-bond acceptors (Lipinski definition) is 2. The van der Waals surface area contributed by atoms with Crippen molar-refractivity contribution in [2.24, 2.45) is 0 Å². The summed E-state index contributed by atoms with van der Waals surface area (Å²) >= 11 is 0. The summed E-state index contributed by atoms with van der Waals surface area (Å²) in [6.07, 6.45) is 4.62. The lowest BCUT2D eigenvalue weighted by Crippen LogP contribution is -2.34. The first kappa shape index (κ1) is 11.9. The number of hydrogen-bond donors (Lipinski definition) is 1. The molecule has 1 saturated heterocycles. The molecule has 0 radical (unpaired) electrons. The molecule has 0 saturated carbocycles. The first-order chi connectivity index (χ1) is 6.58. The van der Waals surface area contributed by atoms with E-state index in [0.717, 1.165) is 19.9 Å². The molecule has 0 aliphatic carbocycles. The minimum Gasteiger partial charge on any atom is -0.374 e. The highest BCUT2D eigenvalue weighted by Gasteiger charge is 2.22. The van der Waals surface area contributed by atoms with Crippen molar-refractivity contribution in [2.45, 2.75) is 44.6 Å². The maximum Gasteiger partial charge on any atom is 0.268 e. The van der Waals surface area contributed by atoms with E-state index in [9.17, 15) is 8.78 Å². The minimum absolute atomic E-state index is 0.264. The maximum absolute atomic E-state index is 12.4. The molecule has 0 amide bonds. The van der Waals surface area contributed by atoms with Crippen LogP contribution in [0.3, 0.4) is 0 Å². The maximum atomic E-state index is 12.4. The molecular formula is C10H19F2NO. The molecule has 1 unspecified atom stereocenters. The van der Waals surface area contributed by atoms with E-state index in [1.165, 1.54) is 19.3 Å². The fourth-order valence-electron chi connectivity index (χ4n) is 1.62. The van der Waals surface area contributed by atoms with Gasteiger partial charge >= 0.3 is 0 Å². The Kier molecular flexibility index (Phi) is 4.75. The third kappa shape index (κ3) is 5.50. The van der Waals surface area contributed by atoms with Crippen LogP contribution in [0.5, 0.6) is 0 Å². The molecule has 14 heavy (non-hydrogen) atoms. The Hall–Kier alpha value is -0.220. The molecule has 1 aliphatic heterocycles. The molecule has 0 aromatic carbocycles. The van der Waals surface area contributed by atoms with Gasteiger partial charge in [-0.1, -0.05) is 12.8 Å². The molecule has 1 rings (SSSR count). The Bertz CT molecular complexity index is 151. The van der Waals surface area contributed by atoms with E-state index >= 15 is 0 Å². The second kappa shape index (κ2) is 5.61. The molecule has 1 heterocycles. The lowest BCUT2D eigenvalue weighted by molar-refractivity contribution is -0.0663. The van der Waals surface area contributed by atoms with E-state index in [1.54, 1.807) is 0 Å². The highest BCUT2D eigenvalue weighted by atomic mass is 19.3. The summed E-state index contributed by atoms with van der Waals surface area (Å²) in [6.45, 7) is 1.80. The van der Waals surface area contributed by atoms with Crippen LogP contribution in [0.15, 0.2) is 0 Å². The molecule has 4 heteroatoms. The molecule has 0 aromatic rings. The Morgan fingerprint density at radius 3 is 2.86 bits per heavy atom. The predicted octanol–water partition coefficient (Wildman–Crippen LogP) is 2.19. The topological polar surface area (TPSA) is 21.3 Å². The van der Waals surface area contributed by atoms with Gasteiger partial charge in [0.25, 0.3) is 5.92 Å². The van der Waals surface area contributed by atoms with Crippen molar-refractivity contribution < 1.29 is 13.5 Å². The molecule has 0 bridgehead atoms. The zero-order valence-corrected chi connectivity index (χ0v) is 8.69. The quantitative estimate of drug-likeness (QED) is 0.763. The van der Waals surface area contributed by atoms with Crippen molar-refractivity contribution in [3.05, 3.63) is 0 Å². The van der Waals surface area contributed by atoms with Crippen LogP contribution in [-0.2, 0) is 4.74 Å². The Morgan fingerprint density at radius 1 is 1.36 bits per heavy atom. The zero-order valence-electron chi connectivity index (χ0n) is 8.69. The third-order valence-electron chi connectivity index (χ3n) is 2.34. The minimum atomic E-state index is -2.70. The van der Waals surface area contributed by atoms with Crippen molar-refractivity contribution in [3.8, 4) is 0 Å². The third-order valence-corrected chi connectivity index (χ3v) is 2.34. The van der Waals surface area contributed by atoms with Crippen LogP contribution >= 0.6 is 0 Å². The van der Waals surface area contributed by atoms with Gasteiger partial charge in [0.05, 0.1) is 6.61 Å². The number of ether oxygens (including phenoxy) is 1. The Balaban J connectivity index is 2.10. The standard InChI is InChI=1S/C10H19F2NO/c1-10(11,12)8-14-7-9-5-3-2-4-6-13-9/h9,13H,2-8H2,1H3. The van der Waals surface area contributed by atoms with Crippen LogP contribution in [0, 0.1) is 0 Å². The van der Waals surface area contributed by atoms with Crippen molar-refractivity contribution in [2.75, 3.05) is 19.8 Å². The van der Waals surface area contributed by atoms with E-state index < -0.39 is 12.5 Å². The summed E-state index contributed by atoms with van der Waals surface area (Å²) in [5.74, 6) is -2.70. The lowest BCUT2D eigenvalue weighted by Gasteiger charge is -2.17. The average molecular weight is 207 g/mol. The van der Waals surface area contributed by atoms with Gasteiger partial charge in [0.2, 0.25) is 0 Å². The van der Waals surface area contributed by atoms with Gasteiger partial charge in [0, 0.05) is 13.0 Å². The summed E-state index contributed by atoms with van der Waals surface area (Å²) in [5, 5.41) is 3.30. The van der Waals surface area contributed by atoms with Crippen LogP contribution < -0.4 is 5.32 Å².